The van der Waals surface area contributed by atoms with E-state index in [0.29, 0.717) is 19.8 Å². The Balaban J connectivity index is -0.000000144. The van der Waals surface area contributed by atoms with E-state index in [-0.39, 0.29) is 19.8 Å². The quantitative estimate of drug-likeness (QED) is 0.533. The molecule has 0 aliphatic rings. The summed E-state index contributed by atoms with van der Waals surface area (Å²) in [7, 11) is 4.66. The standard InChI is InChI=1S/3C3H8O2/c3*1-5-3-2-4/h3*4H,2-3H2,1H3. The Morgan fingerprint density at radius 3 is 0.800 bits per heavy atom. The van der Waals surface area contributed by atoms with E-state index in [9.17, 15) is 0 Å². The molecule has 0 aromatic carbocycles. The molecule has 0 rings (SSSR count). The van der Waals surface area contributed by atoms with Crippen molar-refractivity contribution in [2.45, 2.75) is 0 Å². The second kappa shape index (κ2) is 29.2. The van der Waals surface area contributed by atoms with Gasteiger partial charge in [-0.2, -0.15) is 0 Å². The third kappa shape index (κ3) is 57.4. The SMILES string of the molecule is COCCO.COCCO.COCCO. The fourth-order valence-electron chi connectivity index (χ4n) is 0.274. The summed E-state index contributed by atoms with van der Waals surface area (Å²) in [6, 6.07) is 0. The zero-order valence-electron chi connectivity index (χ0n) is 9.81. The zero-order chi connectivity index (χ0) is 12.4. The van der Waals surface area contributed by atoms with E-state index in [1.807, 2.05) is 0 Å². The maximum Gasteiger partial charge on any atom is 0.0693 e. The minimum Gasteiger partial charge on any atom is -0.394 e. The second-order valence-corrected chi connectivity index (χ2v) is 2.15. The molecule has 3 N–H and O–H groups in total. The van der Waals surface area contributed by atoms with Crippen LogP contribution in [0.4, 0.5) is 0 Å². The van der Waals surface area contributed by atoms with E-state index in [2.05, 4.69) is 14.2 Å². The van der Waals surface area contributed by atoms with Crippen LogP contribution >= 0.6 is 0 Å². The first-order chi connectivity index (χ1) is 7.24. The van der Waals surface area contributed by atoms with Gasteiger partial charge in [-0.3, -0.25) is 0 Å². The highest BCUT2D eigenvalue weighted by Gasteiger charge is 1.68. The van der Waals surface area contributed by atoms with Crippen LogP contribution in [0.5, 0.6) is 0 Å². The van der Waals surface area contributed by atoms with Gasteiger partial charge in [0.1, 0.15) is 0 Å². The topological polar surface area (TPSA) is 88.4 Å². The van der Waals surface area contributed by atoms with Crippen molar-refractivity contribution < 1.29 is 29.5 Å². The lowest BCUT2D eigenvalue weighted by Crippen LogP contribution is -1.91. The summed E-state index contributed by atoms with van der Waals surface area (Å²) in [6.45, 7) is 1.70. The molecular weight excluding hydrogens is 204 g/mol. The number of ether oxygens (including phenoxy) is 3. The molecule has 6 nitrogen and oxygen atoms in total. The molecule has 0 amide bonds. The predicted molar refractivity (Wildman–Crippen MR) is 56.9 cm³/mol. The second-order valence-electron chi connectivity index (χ2n) is 2.15. The van der Waals surface area contributed by atoms with Gasteiger partial charge in [0.05, 0.1) is 39.6 Å². The van der Waals surface area contributed by atoms with Gasteiger partial charge < -0.3 is 29.5 Å². The van der Waals surface area contributed by atoms with Gasteiger partial charge in [-0.05, 0) is 0 Å². The van der Waals surface area contributed by atoms with E-state index < -0.39 is 0 Å². The minimum atomic E-state index is 0.122. The van der Waals surface area contributed by atoms with E-state index in [1.54, 1.807) is 21.3 Å². The van der Waals surface area contributed by atoms with Crippen molar-refractivity contribution in [3.63, 3.8) is 0 Å². The molecule has 0 radical (unpaired) electrons. The third-order valence-corrected chi connectivity index (χ3v) is 0.886. The summed E-state index contributed by atoms with van der Waals surface area (Å²) in [5, 5.41) is 23.8. The van der Waals surface area contributed by atoms with E-state index in [4.69, 9.17) is 15.3 Å². The lowest BCUT2D eigenvalue weighted by molar-refractivity contribution is 0.135. The van der Waals surface area contributed by atoms with Crippen LogP contribution in [-0.2, 0) is 14.2 Å². The maximum absolute atomic E-state index is 7.94. The van der Waals surface area contributed by atoms with Crippen LogP contribution in [0.1, 0.15) is 0 Å². The van der Waals surface area contributed by atoms with Gasteiger partial charge in [-0.25, -0.2) is 0 Å². The maximum atomic E-state index is 7.94. The van der Waals surface area contributed by atoms with Gasteiger partial charge in [0.25, 0.3) is 0 Å². The fraction of sp³-hybridized carbons (Fsp3) is 1.00. The molecule has 15 heavy (non-hydrogen) atoms. The van der Waals surface area contributed by atoms with Gasteiger partial charge in [-0.1, -0.05) is 0 Å². The molecule has 0 atom stereocenters. The van der Waals surface area contributed by atoms with Crippen LogP contribution in [0.2, 0.25) is 0 Å². The summed E-state index contributed by atoms with van der Waals surface area (Å²) in [6.07, 6.45) is 0. The van der Waals surface area contributed by atoms with Gasteiger partial charge in [-0.15, -0.1) is 0 Å². The number of rotatable bonds is 6. The molecule has 0 aliphatic heterocycles. The highest BCUT2D eigenvalue weighted by molar-refractivity contribution is 4.13. The van der Waals surface area contributed by atoms with Crippen molar-refractivity contribution in [3.05, 3.63) is 0 Å². The number of methoxy groups -OCH3 is 3. The predicted octanol–water partition coefficient (Wildman–Crippen LogP) is -1.12. The molecule has 96 valence electrons. The van der Waals surface area contributed by atoms with Crippen molar-refractivity contribution in [2.75, 3.05) is 61.0 Å². The van der Waals surface area contributed by atoms with Crippen molar-refractivity contribution >= 4 is 0 Å². The molecule has 6 heteroatoms. The van der Waals surface area contributed by atoms with Crippen LogP contribution in [-0.4, -0.2) is 76.3 Å². The van der Waals surface area contributed by atoms with E-state index in [0.717, 1.165) is 0 Å². The molecule has 0 saturated heterocycles. The van der Waals surface area contributed by atoms with Crippen molar-refractivity contribution in [1.82, 2.24) is 0 Å². The summed E-state index contributed by atoms with van der Waals surface area (Å²) in [5.41, 5.74) is 0. The lowest BCUT2D eigenvalue weighted by atomic mass is 10.8. The van der Waals surface area contributed by atoms with Gasteiger partial charge in [0, 0.05) is 21.3 Å². The Morgan fingerprint density at radius 2 is 0.800 bits per heavy atom. The Hall–Kier alpha value is -0.240. The molecular formula is C9H24O6. The number of hydrogen-bond acceptors (Lipinski definition) is 6. The average Bonchev–Trinajstić information content (AvgIpc) is 2.23. The van der Waals surface area contributed by atoms with Crippen LogP contribution in [0.3, 0.4) is 0 Å². The van der Waals surface area contributed by atoms with Crippen molar-refractivity contribution in [3.8, 4) is 0 Å². The highest BCUT2D eigenvalue weighted by atomic mass is 16.5. The van der Waals surface area contributed by atoms with Crippen LogP contribution in [0.15, 0.2) is 0 Å². The normalized spacial score (nSPS) is 8.40. The monoisotopic (exact) mass is 228 g/mol. The number of aliphatic hydroxyl groups is 3. The highest BCUT2D eigenvalue weighted by Crippen LogP contribution is 1.57. The van der Waals surface area contributed by atoms with Crippen molar-refractivity contribution in [2.24, 2.45) is 0 Å². The zero-order valence-corrected chi connectivity index (χ0v) is 9.81. The van der Waals surface area contributed by atoms with Crippen LogP contribution in [0, 0.1) is 0 Å². The Morgan fingerprint density at radius 1 is 0.600 bits per heavy atom. The van der Waals surface area contributed by atoms with Crippen molar-refractivity contribution in [1.29, 1.82) is 0 Å². The van der Waals surface area contributed by atoms with E-state index in [1.165, 1.54) is 0 Å². The Bertz CT molecular complexity index is 51.4. The van der Waals surface area contributed by atoms with Crippen LogP contribution < -0.4 is 0 Å². The van der Waals surface area contributed by atoms with Crippen LogP contribution in [0.25, 0.3) is 0 Å². The largest absolute Gasteiger partial charge is 0.394 e. The first-order valence-electron chi connectivity index (χ1n) is 4.54. The third-order valence-electron chi connectivity index (χ3n) is 0.886. The van der Waals surface area contributed by atoms with Gasteiger partial charge in [0.15, 0.2) is 0 Å². The summed E-state index contributed by atoms with van der Waals surface area (Å²) < 4.78 is 13.3. The Kier molecular flexibility index (Phi) is 39.3. The Labute approximate surface area is 91.4 Å². The molecule has 0 bridgehead atoms. The number of hydrogen-bond donors (Lipinski definition) is 3. The smallest absolute Gasteiger partial charge is 0.0693 e. The molecule has 0 saturated carbocycles. The minimum absolute atomic E-state index is 0.122. The summed E-state index contributed by atoms with van der Waals surface area (Å²) >= 11 is 0. The van der Waals surface area contributed by atoms with Gasteiger partial charge >= 0.3 is 0 Å². The fourth-order valence-corrected chi connectivity index (χ4v) is 0.274. The summed E-state index contributed by atoms with van der Waals surface area (Å²) in [4.78, 5) is 0. The summed E-state index contributed by atoms with van der Waals surface area (Å²) in [5.74, 6) is 0. The molecule has 0 aliphatic carbocycles. The first-order valence-corrected chi connectivity index (χ1v) is 4.54. The van der Waals surface area contributed by atoms with E-state index >= 15 is 0 Å². The molecule has 0 aromatic heterocycles. The number of aliphatic hydroxyl groups excluding tert-OH is 3. The lowest BCUT2D eigenvalue weighted by Gasteiger charge is -1.84. The molecule has 0 unspecified atom stereocenters. The molecule has 0 spiro atoms. The van der Waals surface area contributed by atoms with Gasteiger partial charge in [0.2, 0.25) is 0 Å². The molecule has 0 fully saturated rings. The first kappa shape index (κ1) is 20.2. The average molecular weight is 228 g/mol. The molecule has 0 heterocycles. The molecule has 0 aromatic rings.